The second-order valence-electron chi connectivity index (χ2n) is 5.27. The maximum absolute atomic E-state index is 12.4. The van der Waals surface area contributed by atoms with Crippen LogP contribution in [0.2, 0.25) is 0 Å². The first-order valence-corrected chi connectivity index (χ1v) is 7.70. The summed E-state index contributed by atoms with van der Waals surface area (Å²) < 4.78 is 5.07. The molecule has 2 atom stereocenters. The normalized spacial score (nSPS) is 13.5. The summed E-state index contributed by atoms with van der Waals surface area (Å²) in [6, 6.07) is 7.41. The Labute approximate surface area is 116 Å². The minimum atomic E-state index is -0.815. The monoisotopic (exact) mass is 280 g/mol. The van der Waals surface area contributed by atoms with Crippen molar-refractivity contribution in [2.24, 2.45) is 11.3 Å². The number of carbonyl (C=O) groups is 2. The molecule has 2 unspecified atom stereocenters. The van der Waals surface area contributed by atoms with E-state index in [9.17, 15) is 9.59 Å². The third kappa shape index (κ3) is 3.63. The predicted octanol–water partition coefficient (Wildman–Crippen LogP) is 3.61. The van der Waals surface area contributed by atoms with Crippen molar-refractivity contribution < 1.29 is 14.1 Å². The van der Waals surface area contributed by atoms with E-state index in [1.807, 2.05) is 19.1 Å². The molecule has 0 aliphatic carbocycles. The van der Waals surface area contributed by atoms with Crippen molar-refractivity contribution in [1.82, 2.24) is 0 Å². The first-order chi connectivity index (χ1) is 8.80. The lowest BCUT2D eigenvalue weighted by molar-refractivity contribution is -0.144. The zero-order valence-corrected chi connectivity index (χ0v) is 13.1. The molecule has 1 aromatic rings. The number of ketones is 1. The van der Waals surface area contributed by atoms with Gasteiger partial charge in [-0.2, -0.15) is 0 Å². The number of aryl methyl sites for hydroxylation is 1. The molecule has 19 heavy (non-hydrogen) atoms. The van der Waals surface area contributed by atoms with E-state index in [-0.39, 0.29) is 20.6 Å². The topological polar surface area (TPSA) is 43.4 Å². The van der Waals surface area contributed by atoms with Crippen LogP contribution >= 0.6 is 8.81 Å². The lowest BCUT2D eigenvalue weighted by Gasteiger charge is -2.28. The smallest absolute Gasteiger partial charge is 0.314 e. The van der Waals surface area contributed by atoms with Crippen LogP contribution in [0.5, 0.6) is 0 Å². The van der Waals surface area contributed by atoms with E-state index in [4.69, 9.17) is 4.52 Å². The molecule has 0 aliphatic rings. The summed E-state index contributed by atoms with van der Waals surface area (Å²) in [5, 5.41) is 0. The lowest BCUT2D eigenvalue weighted by Crippen LogP contribution is -2.36. The van der Waals surface area contributed by atoms with E-state index in [0.29, 0.717) is 5.56 Å². The Balaban J connectivity index is 2.92. The summed E-state index contributed by atoms with van der Waals surface area (Å²) >= 11 is 0. The van der Waals surface area contributed by atoms with Crippen molar-refractivity contribution in [1.29, 1.82) is 0 Å². The fraction of sp³-hybridized carbons (Fsp3) is 0.467. The summed E-state index contributed by atoms with van der Waals surface area (Å²) in [6.07, 6.45) is 0. The van der Waals surface area contributed by atoms with Crippen LogP contribution in [0.25, 0.3) is 0 Å². The van der Waals surface area contributed by atoms with E-state index in [1.165, 1.54) is 0 Å². The Kier molecular flexibility index (Phi) is 5.25. The van der Waals surface area contributed by atoms with Crippen LogP contribution in [-0.4, -0.2) is 18.4 Å². The molecular weight excluding hydrogens is 259 g/mol. The summed E-state index contributed by atoms with van der Waals surface area (Å²) in [6.45, 7) is 9.06. The van der Waals surface area contributed by atoms with Gasteiger partial charge in [0.25, 0.3) is 0 Å². The molecule has 1 aromatic carbocycles. The van der Waals surface area contributed by atoms with Gasteiger partial charge in [0, 0.05) is 11.5 Å². The van der Waals surface area contributed by atoms with Crippen LogP contribution in [0.1, 0.15) is 36.7 Å². The Morgan fingerprint density at radius 1 is 1.21 bits per heavy atom. The molecule has 0 aromatic heterocycles. The molecule has 0 fully saturated rings. The highest BCUT2D eigenvalue weighted by Crippen LogP contribution is 2.32. The highest BCUT2D eigenvalue weighted by molar-refractivity contribution is 7.31. The molecule has 104 valence electrons. The van der Waals surface area contributed by atoms with E-state index < -0.39 is 11.3 Å². The third-order valence-corrected chi connectivity index (χ3v) is 3.92. The van der Waals surface area contributed by atoms with Crippen molar-refractivity contribution in [2.45, 2.75) is 27.7 Å². The van der Waals surface area contributed by atoms with Gasteiger partial charge in [-0.25, -0.2) is 0 Å². The lowest BCUT2D eigenvalue weighted by atomic mass is 9.76. The fourth-order valence-electron chi connectivity index (χ4n) is 1.70. The van der Waals surface area contributed by atoms with Crippen molar-refractivity contribution >= 4 is 20.6 Å². The molecule has 0 aliphatic heterocycles. The molecule has 0 N–H and O–H groups in total. The molecule has 0 saturated carbocycles. The van der Waals surface area contributed by atoms with Crippen molar-refractivity contribution in [3.63, 3.8) is 0 Å². The van der Waals surface area contributed by atoms with Crippen LogP contribution in [0, 0.1) is 18.3 Å². The van der Waals surface area contributed by atoms with Crippen LogP contribution in [0.3, 0.4) is 0 Å². The molecule has 0 amide bonds. The molecule has 1 rings (SSSR count). The maximum Gasteiger partial charge on any atom is 0.314 e. The third-order valence-electron chi connectivity index (χ3n) is 3.53. The molecule has 0 spiro atoms. The second-order valence-corrected chi connectivity index (χ2v) is 5.88. The number of carbonyl (C=O) groups excluding carboxylic acids is 2. The van der Waals surface area contributed by atoms with Crippen LogP contribution in [0.4, 0.5) is 0 Å². The van der Waals surface area contributed by atoms with E-state index >= 15 is 0 Å². The minimum absolute atomic E-state index is 0.0265. The Morgan fingerprint density at radius 3 is 2.21 bits per heavy atom. The van der Waals surface area contributed by atoms with Gasteiger partial charge in [0.2, 0.25) is 0 Å². The highest BCUT2D eigenvalue weighted by atomic mass is 31.1. The Hall–Kier alpha value is -1.21. The van der Waals surface area contributed by atoms with Gasteiger partial charge in [0.05, 0.1) is 14.2 Å². The van der Waals surface area contributed by atoms with E-state index in [2.05, 4.69) is 0 Å². The van der Waals surface area contributed by atoms with Gasteiger partial charge >= 0.3 is 5.97 Å². The number of Topliss-reactive ketones (excluding diaryl/α,β-unsaturated/α-hetero) is 1. The zero-order chi connectivity index (χ0) is 14.6. The quantitative estimate of drug-likeness (QED) is 0.611. The van der Waals surface area contributed by atoms with E-state index in [0.717, 1.165) is 5.56 Å². The van der Waals surface area contributed by atoms with Gasteiger partial charge in [-0.15, -0.1) is 0 Å². The second kappa shape index (κ2) is 6.29. The van der Waals surface area contributed by atoms with Crippen LogP contribution in [0.15, 0.2) is 24.3 Å². The van der Waals surface area contributed by atoms with Gasteiger partial charge in [-0.05, 0) is 27.4 Å². The van der Waals surface area contributed by atoms with Crippen molar-refractivity contribution in [3.8, 4) is 0 Å². The van der Waals surface area contributed by atoms with Gasteiger partial charge in [-0.3, -0.25) is 9.59 Å². The summed E-state index contributed by atoms with van der Waals surface area (Å²) in [5.41, 5.74) is 0.929. The Morgan fingerprint density at radius 2 is 1.74 bits per heavy atom. The summed E-state index contributed by atoms with van der Waals surface area (Å²) in [7, 11) is 0.102. The Bertz CT molecular complexity index is 463. The average Bonchev–Trinajstić information content (AvgIpc) is 2.38. The molecular formula is C15H21O3P. The summed E-state index contributed by atoms with van der Waals surface area (Å²) in [5.74, 6) is -0.762. The van der Waals surface area contributed by atoms with Crippen LogP contribution < -0.4 is 0 Å². The van der Waals surface area contributed by atoms with Gasteiger partial charge in [0.1, 0.15) is 0 Å². The molecule has 0 radical (unpaired) electrons. The van der Waals surface area contributed by atoms with Gasteiger partial charge < -0.3 is 4.52 Å². The predicted molar refractivity (Wildman–Crippen MR) is 78.8 cm³/mol. The van der Waals surface area contributed by atoms with Crippen LogP contribution in [-0.2, 0) is 9.32 Å². The fourth-order valence-corrected chi connectivity index (χ4v) is 2.15. The zero-order valence-electron chi connectivity index (χ0n) is 12.1. The largest absolute Gasteiger partial charge is 0.448 e. The first kappa shape index (κ1) is 15.8. The minimum Gasteiger partial charge on any atom is -0.448 e. The number of benzene rings is 1. The molecule has 0 heterocycles. The standard InChI is InChI=1S/C15H21O3P/c1-10-6-8-12(9-7-10)13(16)11(2)15(3,4)14(17)18-19-5/h6-9,11,19H,1-5H3. The highest BCUT2D eigenvalue weighted by Gasteiger charge is 2.39. The maximum atomic E-state index is 12.4. The van der Waals surface area contributed by atoms with E-state index in [1.54, 1.807) is 39.6 Å². The number of rotatable bonds is 5. The summed E-state index contributed by atoms with van der Waals surface area (Å²) in [4.78, 5) is 24.3. The van der Waals surface area contributed by atoms with Crippen molar-refractivity contribution in [2.75, 3.05) is 6.66 Å². The SMILES string of the molecule is CPOC(=O)C(C)(C)C(C)C(=O)c1ccc(C)cc1. The molecule has 4 heteroatoms. The van der Waals surface area contributed by atoms with Gasteiger partial charge in [0.15, 0.2) is 5.78 Å². The molecule has 0 saturated heterocycles. The molecule has 0 bridgehead atoms. The number of hydrogen-bond donors (Lipinski definition) is 0. The first-order valence-electron chi connectivity index (χ1n) is 6.29. The number of hydrogen-bond acceptors (Lipinski definition) is 3. The van der Waals surface area contributed by atoms with Gasteiger partial charge in [-0.1, -0.05) is 36.8 Å². The average molecular weight is 280 g/mol. The molecule has 3 nitrogen and oxygen atoms in total. The van der Waals surface area contributed by atoms with Crippen molar-refractivity contribution in [3.05, 3.63) is 35.4 Å².